The Hall–Kier alpha value is -3.83. The molecule has 2 heterocycles. The van der Waals surface area contributed by atoms with Crippen LogP contribution < -0.4 is 10.5 Å². The van der Waals surface area contributed by atoms with Gasteiger partial charge in [-0.2, -0.15) is 13.2 Å². The van der Waals surface area contributed by atoms with Crippen molar-refractivity contribution in [1.29, 1.82) is 0 Å². The monoisotopic (exact) mass is 510 g/mol. The van der Waals surface area contributed by atoms with Crippen molar-refractivity contribution >= 4 is 23.6 Å². The van der Waals surface area contributed by atoms with Gasteiger partial charge in [0.05, 0.1) is 11.1 Å². The van der Waals surface area contributed by atoms with Gasteiger partial charge in [0.1, 0.15) is 5.56 Å². The number of H-pyrrole nitrogens is 1. The Bertz CT molecular complexity index is 1220. The molecule has 4 rings (SSSR count). The lowest BCUT2D eigenvalue weighted by Gasteiger charge is -2.24. The number of aryl methyl sites for hydroxylation is 1. The van der Waals surface area contributed by atoms with Crippen molar-refractivity contribution in [2.24, 2.45) is 11.3 Å². The molecule has 4 N–H and O–H groups in total. The van der Waals surface area contributed by atoms with E-state index in [1.54, 1.807) is 0 Å². The van der Waals surface area contributed by atoms with Crippen molar-refractivity contribution in [3.8, 4) is 11.3 Å². The smallest absolute Gasteiger partial charge is 0.481 e. The number of hydrogen-bond donors (Lipinski definition) is 4. The van der Waals surface area contributed by atoms with Crippen molar-refractivity contribution in [2.45, 2.75) is 38.8 Å². The van der Waals surface area contributed by atoms with Gasteiger partial charge >= 0.3 is 24.1 Å². The van der Waals surface area contributed by atoms with Gasteiger partial charge in [-0.25, -0.2) is 9.59 Å². The molecule has 9 nitrogen and oxygen atoms in total. The third-order valence-electron chi connectivity index (χ3n) is 6.79. The Labute approximate surface area is 203 Å². The standard InChI is InChI=1S/C22H24N2O5.C2HF3O2/c1-2-13-10-17(20(26)27)19(25)23-18(13)14-5-7-16(8-6-14)24-11-15-4-3-9-22(15,12-24)21(28)29;3-2(4,5)1(6)7/h5-8,10,15H,2-4,9,11-12H2,1H3,(H,23,25)(H,26,27)(H,28,29);(H,6,7)/t15-,22-;/m0./s1. The summed E-state index contributed by atoms with van der Waals surface area (Å²) in [6.07, 6.45) is -1.83. The summed E-state index contributed by atoms with van der Waals surface area (Å²) in [6, 6.07) is 9.09. The summed E-state index contributed by atoms with van der Waals surface area (Å²) in [5.41, 5.74) is 1.63. The average molecular weight is 510 g/mol. The SMILES string of the molecule is CCc1cc(C(=O)O)c(=O)[nH]c1-c1ccc(N2C[C@@H]3CCC[C@]3(C(=O)O)C2)cc1.O=C(O)C(F)(F)F. The predicted molar refractivity (Wildman–Crippen MR) is 122 cm³/mol. The van der Waals surface area contributed by atoms with Crippen LogP contribution in [0.2, 0.25) is 0 Å². The number of pyridine rings is 1. The van der Waals surface area contributed by atoms with Gasteiger partial charge in [-0.05, 0) is 54.5 Å². The number of carboxylic acid groups (broad SMARTS) is 3. The molecule has 2 atom stereocenters. The summed E-state index contributed by atoms with van der Waals surface area (Å²) in [6.45, 7) is 3.18. The lowest BCUT2D eigenvalue weighted by atomic mass is 9.81. The van der Waals surface area contributed by atoms with Gasteiger partial charge in [0.25, 0.3) is 5.56 Å². The Morgan fingerprint density at radius 1 is 1.14 bits per heavy atom. The van der Waals surface area contributed by atoms with E-state index in [-0.39, 0.29) is 11.5 Å². The minimum absolute atomic E-state index is 0.186. The summed E-state index contributed by atoms with van der Waals surface area (Å²) in [7, 11) is 0. The molecule has 1 aromatic heterocycles. The molecule has 0 spiro atoms. The van der Waals surface area contributed by atoms with E-state index in [9.17, 15) is 32.7 Å². The van der Waals surface area contributed by atoms with Crippen LogP contribution in [-0.4, -0.2) is 57.5 Å². The van der Waals surface area contributed by atoms with E-state index < -0.39 is 35.1 Å². The van der Waals surface area contributed by atoms with Gasteiger partial charge in [0.2, 0.25) is 0 Å². The number of anilines is 1. The number of rotatable bonds is 5. The maximum absolute atomic E-state index is 12.1. The van der Waals surface area contributed by atoms with Crippen molar-refractivity contribution < 1.29 is 42.9 Å². The number of aliphatic carboxylic acids is 2. The van der Waals surface area contributed by atoms with Crippen LogP contribution in [0.4, 0.5) is 18.9 Å². The van der Waals surface area contributed by atoms with Gasteiger partial charge in [-0.3, -0.25) is 9.59 Å². The van der Waals surface area contributed by atoms with Crippen LogP contribution in [0.3, 0.4) is 0 Å². The van der Waals surface area contributed by atoms with Crippen LogP contribution in [0.5, 0.6) is 0 Å². The number of nitrogens with one attached hydrogen (secondary N) is 1. The largest absolute Gasteiger partial charge is 0.490 e. The average Bonchev–Trinajstić information content (AvgIpc) is 3.37. The van der Waals surface area contributed by atoms with E-state index in [1.165, 1.54) is 6.07 Å². The van der Waals surface area contributed by atoms with E-state index >= 15 is 0 Å². The van der Waals surface area contributed by atoms with Gasteiger partial charge < -0.3 is 25.2 Å². The highest BCUT2D eigenvalue weighted by Crippen LogP contribution is 2.49. The highest BCUT2D eigenvalue weighted by molar-refractivity contribution is 5.88. The second-order valence-electron chi connectivity index (χ2n) is 8.85. The second kappa shape index (κ2) is 10.0. The predicted octanol–water partition coefficient (Wildman–Crippen LogP) is 3.63. The summed E-state index contributed by atoms with van der Waals surface area (Å²) < 4.78 is 31.7. The van der Waals surface area contributed by atoms with Gasteiger partial charge in [0, 0.05) is 18.8 Å². The molecule has 1 saturated heterocycles. The summed E-state index contributed by atoms with van der Waals surface area (Å²) in [5.74, 6) is -4.50. The molecule has 2 aliphatic rings. The Morgan fingerprint density at radius 2 is 1.75 bits per heavy atom. The van der Waals surface area contributed by atoms with Crippen LogP contribution in [0.15, 0.2) is 35.1 Å². The maximum atomic E-state index is 12.1. The Kier molecular flexibility index (Phi) is 7.46. The minimum atomic E-state index is -5.08. The van der Waals surface area contributed by atoms with Crippen molar-refractivity contribution in [2.75, 3.05) is 18.0 Å². The molecule has 0 radical (unpaired) electrons. The summed E-state index contributed by atoms with van der Waals surface area (Å²) in [5, 5.41) is 26.1. The number of benzene rings is 1. The number of alkyl halides is 3. The zero-order valence-corrected chi connectivity index (χ0v) is 19.3. The lowest BCUT2D eigenvalue weighted by Crippen LogP contribution is -2.35. The minimum Gasteiger partial charge on any atom is -0.481 e. The topological polar surface area (TPSA) is 148 Å². The zero-order valence-electron chi connectivity index (χ0n) is 19.3. The van der Waals surface area contributed by atoms with Crippen LogP contribution >= 0.6 is 0 Å². The number of carbonyl (C=O) groups is 3. The number of halogens is 3. The van der Waals surface area contributed by atoms with Crippen LogP contribution in [0.25, 0.3) is 11.3 Å². The molecule has 194 valence electrons. The molecule has 1 saturated carbocycles. The quantitative estimate of drug-likeness (QED) is 0.477. The molecule has 2 aromatic rings. The molecule has 2 fully saturated rings. The summed E-state index contributed by atoms with van der Waals surface area (Å²) >= 11 is 0. The number of carboxylic acids is 3. The fraction of sp³-hybridized carbons (Fsp3) is 0.417. The molecule has 1 aliphatic heterocycles. The number of nitrogens with zero attached hydrogens (tertiary/aromatic N) is 1. The highest BCUT2D eigenvalue weighted by Gasteiger charge is 2.54. The van der Waals surface area contributed by atoms with E-state index in [0.717, 1.165) is 42.6 Å². The molecule has 0 unspecified atom stereocenters. The van der Waals surface area contributed by atoms with E-state index in [0.29, 0.717) is 18.7 Å². The molecule has 1 aromatic carbocycles. The van der Waals surface area contributed by atoms with E-state index in [1.807, 2.05) is 31.2 Å². The molecule has 0 amide bonds. The number of fused-ring (bicyclic) bond motifs is 1. The first-order valence-corrected chi connectivity index (χ1v) is 11.2. The number of aromatic amines is 1. The number of aromatic carboxylic acids is 1. The van der Waals surface area contributed by atoms with Gasteiger partial charge in [-0.15, -0.1) is 0 Å². The molecule has 0 bridgehead atoms. The molecular weight excluding hydrogens is 485 g/mol. The van der Waals surface area contributed by atoms with Crippen LogP contribution in [0, 0.1) is 11.3 Å². The molecule has 36 heavy (non-hydrogen) atoms. The maximum Gasteiger partial charge on any atom is 0.490 e. The highest BCUT2D eigenvalue weighted by atomic mass is 19.4. The van der Waals surface area contributed by atoms with Crippen molar-refractivity contribution in [3.05, 3.63) is 51.8 Å². The van der Waals surface area contributed by atoms with Crippen LogP contribution in [-0.2, 0) is 16.0 Å². The number of hydrogen-bond acceptors (Lipinski definition) is 5. The van der Waals surface area contributed by atoms with Gasteiger partial charge in [-0.1, -0.05) is 25.5 Å². The first kappa shape index (κ1) is 26.8. The van der Waals surface area contributed by atoms with Crippen LogP contribution in [0.1, 0.15) is 42.1 Å². The third kappa shape index (κ3) is 5.21. The fourth-order valence-corrected chi connectivity index (χ4v) is 4.94. The van der Waals surface area contributed by atoms with E-state index in [2.05, 4.69) is 9.88 Å². The third-order valence-corrected chi connectivity index (χ3v) is 6.79. The Balaban J connectivity index is 0.000000454. The lowest BCUT2D eigenvalue weighted by molar-refractivity contribution is -0.192. The molecule has 12 heteroatoms. The molecular formula is C24H25F3N2O7. The fourth-order valence-electron chi connectivity index (χ4n) is 4.94. The Morgan fingerprint density at radius 3 is 2.22 bits per heavy atom. The van der Waals surface area contributed by atoms with E-state index in [4.69, 9.17) is 15.0 Å². The zero-order chi connectivity index (χ0) is 26.8. The van der Waals surface area contributed by atoms with Gasteiger partial charge in [0.15, 0.2) is 0 Å². The normalized spacial score (nSPS) is 20.9. The first-order valence-electron chi connectivity index (χ1n) is 11.2. The van der Waals surface area contributed by atoms with Crippen molar-refractivity contribution in [3.63, 3.8) is 0 Å². The summed E-state index contributed by atoms with van der Waals surface area (Å²) in [4.78, 5) is 49.0. The first-order chi connectivity index (χ1) is 16.8. The van der Waals surface area contributed by atoms with Crippen molar-refractivity contribution in [1.82, 2.24) is 4.98 Å². The molecule has 1 aliphatic carbocycles. The second-order valence-corrected chi connectivity index (χ2v) is 8.85. The number of aromatic nitrogens is 1.